The average Bonchev–Trinajstić information content (AvgIpc) is 3.37. The summed E-state index contributed by atoms with van der Waals surface area (Å²) >= 11 is 0. The lowest BCUT2D eigenvalue weighted by Crippen LogP contribution is -2.43. The first kappa shape index (κ1) is 28.1. The van der Waals surface area contributed by atoms with Gasteiger partial charge in [0.15, 0.2) is 0 Å². The second kappa shape index (κ2) is 11.9. The van der Waals surface area contributed by atoms with Crippen LogP contribution in [0.25, 0.3) is 11.1 Å². The minimum atomic E-state index is -4.54. The molecule has 1 atom stereocenters. The number of nitrogens with zero attached hydrogens (tertiary/aromatic N) is 3. The molecule has 39 heavy (non-hydrogen) atoms. The van der Waals surface area contributed by atoms with Crippen LogP contribution >= 0.6 is 0 Å². The van der Waals surface area contributed by atoms with Crippen LogP contribution in [0, 0.1) is 25.2 Å². The van der Waals surface area contributed by atoms with Crippen molar-refractivity contribution in [2.45, 2.75) is 38.9 Å². The zero-order valence-electron chi connectivity index (χ0n) is 21.9. The highest BCUT2D eigenvalue weighted by molar-refractivity contribution is 6.02. The number of carbonyl (C=O) groups is 1. The van der Waals surface area contributed by atoms with Crippen molar-refractivity contribution in [3.8, 4) is 17.2 Å². The molecule has 2 N–H and O–H groups in total. The van der Waals surface area contributed by atoms with Crippen LogP contribution in [0.3, 0.4) is 0 Å². The fourth-order valence-corrected chi connectivity index (χ4v) is 5.05. The third-order valence-electron chi connectivity index (χ3n) is 7.19. The van der Waals surface area contributed by atoms with Gasteiger partial charge in [-0.2, -0.15) is 18.4 Å². The summed E-state index contributed by atoms with van der Waals surface area (Å²) in [7, 11) is 0. The SMILES string of the molecule is Cc1cc(C)c(C(F)(F)F)cc1NC(=O)N(CCN1CCCC1CO)c1ccc(-c2cccc(C#N)c2)cc1. The van der Waals surface area contributed by atoms with Crippen molar-refractivity contribution in [3.63, 3.8) is 0 Å². The first-order valence-corrected chi connectivity index (χ1v) is 12.8. The summed E-state index contributed by atoms with van der Waals surface area (Å²) < 4.78 is 40.6. The van der Waals surface area contributed by atoms with Crippen LogP contribution in [0.2, 0.25) is 0 Å². The third-order valence-corrected chi connectivity index (χ3v) is 7.19. The fourth-order valence-electron chi connectivity index (χ4n) is 5.05. The molecule has 3 aromatic rings. The molecule has 1 heterocycles. The number of aryl methyl sites for hydroxylation is 2. The van der Waals surface area contributed by atoms with E-state index in [2.05, 4.69) is 16.3 Å². The first-order valence-electron chi connectivity index (χ1n) is 12.8. The first-order chi connectivity index (χ1) is 18.6. The zero-order valence-corrected chi connectivity index (χ0v) is 21.9. The number of anilines is 2. The molecule has 0 spiro atoms. The smallest absolute Gasteiger partial charge is 0.395 e. The van der Waals surface area contributed by atoms with E-state index in [0.717, 1.165) is 36.6 Å². The highest BCUT2D eigenvalue weighted by atomic mass is 19.4. The molecule has 0 bridgehead atoms. The van der Waals surface area contributed by atoms with Crippen molar-refractivity contribution in [3.05, 3.63) is 82.9 Å². The van der Waals surface area contributed by atoms with Crippen molar-refractivity contribution < 1.29 is 23.1 Å². The number of likely N-dealkylation sites (tertiary alicyclic amines) is 1. The van der Waals surface area contributed by atoms with Gasteiger partial charge >= 0.3 is 12.2 Å². The second-order valence-corrected chi connectivity index (χ2v) is 9.82. The number of aliphatic hydroxyl groups is 1. The fraction of sp³-hybridized carbons (Fsp3) is 0.333. The minimum absolute atomic E-state index is 0.0263. The topological polar surface area (TPSA) is 79.6 Å². The number of hydrogen-bond acceptors (Lipinski definition) is 4. The van der Waals surface area contributed by atoms with Gasteiger partial charge < -0.3 is 10.4 Å². The van der Waals surface area contributed by atoms with E-state index in [4.69, 9.17) is 0 Å². The van der Waals surface area contributed by atoms with Crippen LogP contribution < -0.4 is 10.2 Å². The molecular weight excluding hydrogens is 505 g/mol. The summed E-state index contributed by atoms with van der Waals surface area (Å²) in [5.41, 5.74) is 2.76. The van der Waals surface area contributed by atoms with E-state index in [1.165, 1.54) is 17.9 Å². The molecule has 2 amide bonds. The number of alkyl halides is 3. The number of nitriles is 1. The van der Waals surface area contributed by atoms with Crippen LogP contribution in [-0.4, -0.2) is 48.3 Å². The summed E-state index contributed by atoms with van der Waals surface area (Å²) in [6.45, 7) is 4.68. The maximum atomic E-state index is 13.5. The Balaban J connectivity index is 1.62. The van der Waals surface area contributed by atoms with Gasteiger partial charge in [-0.15, -0.1) is 0 Å². The highest BCUT2D eigenvalue weighted by Crippen LogP contribution is 2.35. The van der Waals surface area contributed by atoms with Gasteiger partial charge in [-0.1, -0.05) is 30.3 Å². The summed E-state index contributed by atoms with van der Waals surface area (Å²) in [6, 6.07) is 18.4. The van der Waals surface area contributed by atoms with Gasteiger partial charge in [0.05, 0.1) is 23.8 Å². The lowest BCUT2D eigenvalue weighted by Gasteiger charge is -2.29. The summed E-state index contributed by atoms with van der Waals surface area (Å²) in [4.78, 5) is 17.2. The Labute approximate surface area is 226 Å². The van der Waals surface area contributed by atoms with Crippen LogP contribution in [0.4, 0.5) is 29.3 Å². The predicted octanol–water partition coefficient (Wildman–Crippen LogP) is 6.36. The van der Waals surface area contributed by atoms with E-state index in [0.29, 0.717) is 23.4 Å². The van der Waals surface area contributed by atoms with Gasteiger partial charge in [0, 0.05) is 30.5 Å². The molecule has 1 aliphatic heterocycles. The lowest BCUT2D eigenvalue weighted by atomic mass is 10.0. The van der Waals surface area contributed by atoms with Crippen molar-refractivity contribution >= 4 is 17.4 Å². The number of carbonyl (C=O) groups excluding carboxylic acids is 1. The maximum absolute atomic E-state index is 13.5. The van der Waals surface area contributed by atoms with E-state index >= 15 is 0 Å². The van der Waals surface area contributed by atoms with Gasteiger partial charge in [0.25, 0.3) is 0 Å². The number of urea groups is 1. The van der Waals surface area contributed by atoms with E-state index in [1.807, 2.05) is 18.2 Å². The molecule has 0 aliphatic carbocycles. The summed E-state index contributed by atoms with van der Waals surface area (Å²) in [6.07, 6.45) is -2.71. The number of rotatable bonds is 7. The molecule has 0 aromatic heterocycles. The van der Waals surface area contributed by atoms with E-state index in [-0.39, 0.29) is 30.4 Å². The van der Waals surface area contributed by atoms with Crippen LogP contribution in [0.5, 0.6) is 0 Å². The van der Waals surface area contributed by atoms with E-state index in [9.17, 15) is 28.3 Å². The molecular formula is C30H31F3N4O2. The Kier molecular flexibility index (Phi) is 8.58. The Hall–Kier alpha value is -3.87. The number of halogens is 3. The molecule has 4 rings (SSSR count). The van der Waals surface area contributed by atoms with Gasteiger partial charge in [-0.25, -0.2) is 4.79 Å². The van der Waals surface area contributed by atoms with Gasteiger partial charge in [0.2, 0.25) is 0 Å². The molecule has 1 unspecified atom stereocenters. The number of aliphatic hydroxyl groups excluding tert-OH is 1. The van der Waals surface area contributed by atoms with Crippen LogP contribution in [0.15, 0.2) is 60.7 Å². The number of hydrogen-bond donors (Lipinski definition) is 2. The maximum Gasteiger partial charge on any atom is 0.416 e. The molecule has 204 valence electrons. The van der Waals surface area contributed by atoms with Gasteiger partial charge in [0.1, 0.15) is 0 Å². The normalized spacial score (nSPS) is 15.7. The molecule has 1 fully saturated rings. The highest BCUT2D eigenvalue weighted by Gasteiger charge is 2.33. The molecule has 0 saturated carbocycles. The number of amides is 2. The quantitative estimate of drug-likeness (QED) is 0.369. The van der Waals surface area contributed by atoms with Crippen molar-refractivity contribution in [2.75, 3.05) is 36.5 Å². The Morgan fingerprint density at radius 1 is 1.10 bits per heavy atom. The molecule has 1 saturated heterocycles. The van der Waals surface area contributed by atoms with Gasteiger partial charge in [-0.05, 0) is 85.8 Å². The average molecular weight is 537 g/mol. The third kappa shape index (κ3) is 6.59. The zero-order chi connectivity index (χ0) is 28.2. The molecule has 3 aromatic carbocycles. The largest absolute Gasteiger partial charge is 0.416 e. The van der Waals surface area contributed by atoms with E-state index < -0.39 is 17.8 Å². The molecule has 1 aliphatic rings. The van der Waals surface area contributed by atoms with Crippen LogP contribution in [-0.2, 0) is 6.18 Å². The number of benzene rings is 3. The van der Waals surface area contributed by atoms with Crippen molar-refractivity contribution in [1.29, 1.82) is 5.26 Å². The van der Waals surface area contributed by atoms with Crippen molar-refractivity contribution in [2.24, 2.45) is 0 Å². The molecule has 9 heteroatoms. The minimum Gasteiger partial charge on any atom is -0.395 e. The Morgan fingerprint density at radius 3 is 2.51 bits per heavy atom. The predicted molar refractivity (Wildman–Crippen MR) is 146 cm³/mol. The second-order valence-electron chi connectivity index (χ2n) is 9.82. The standard InChI is InChI=1S/C30H31F3N4O2/c1-20-15-21(2)28(17-27(20)30(31,32)33)35-29(39)37(14-13-36-12-4-7-26(36)19-38)25-10-8-23(9-11-25)24-6-3-5-22(16-24)18-34/h3,5-6,8-11,15-17,26,38H,4,7,12-14,19H2,1-2H3,(H,35,39). The Morgan fingerprint density at radius 2 is 1.85 bits per heavy atom. The molecule has 6 nitrogen and oxygen atoms in total. The van der Waals surface area contributed by atoms with Crippen molar-refractivity contribution in [1.82, 2.24) is 4.90 Å². The van der Waals surface area contributed by atoms with Gasteiger partial charge in [-0.3, -0.25) is 9.80 Å². The summed E-state index contributed by atoms with van der Waals surface area (Å²) in [5, 5.41) is 21.6. The monoisotopic (exact) mass is 536 g/mol. The van der Waals surface area contributed by atoms with E-state index in [1.54, 1.807) is 37.3 Å². The summed E-state index contributed by atoms with van der Waals surface area (Å²) in [5.74, 6) is 0. The Bertz CT molecular complexity index is 1370. The molecule has 0 radical (unpaired) electrons. The number of nitrogens with one attached hydrogen (secondary N) is 1. The lowest BCUT2D eigenvalue weighted by molar-refractivity contribution is -0.138. The van der Waals surface area contributed by atoms with Crippen LogP contribution in [0.1, 0.15) is 35.1 Å².